The summed E-state index contributed by atoms with van der Waals surface area (Å²) in [7, 11) is 0. The number of hydrogen-bond acceptors (Lipinski definition) is 3. The summed E-state index contributed by atoms with van der Waals surface area (Å²) in [6.45, 7) is 6.35. The Morgan fingerprint density at radius 3 is 2.36 bits per heavy atom. The Kier molecular flexibility index (Phi) is 7.66. The van der Waals surface area contributed by atoms with E-state index in [1.807, 2.05) is 13.8 Å². The highest BCUT2D eigenvalue weighted by Crippen LogP contribution is 2.12. The highest BCUT2D eigenvalue weighted by Gasteiger charge is 2.10. The number of hydrogen-bond donors (Lipinski definition) is 3. The number of nitrogens with one attached hydrogen (secondary N) is 2. The monoisotopic (exact) mass is 312 g/mol. The molecule has 6 heteroatoms. The molecule has 2 atom stereocenters. The van der Waals surface area contributed by atoms with Crippen molar-refractivity contribution in [3.63, 3.8) is 0 Å². The van der Waals surface area contributed by atoms with Crippen molar-refractivity contribution in [2.24, 2.45) is 5.92 Å². The number of rotatable bonds is 8. The number of carbonyl (C=O) groups is 1. The van der Waals surface area contributed by atoms with Gasteiger partial charge in [0.1, 0.15) is 17.7 Å². The average Bonchev–Trinajstić information content (AvgIpc) is 2.44. The van der Waals surface area contributed by atoms with Crippen LogP contribution in [0, 0.1) is 11.7 Å². The molecule has 2 amide bonds. The highest BCUT2D eigenvalue weighted by molar-refractivity contribution is 5.73. The summed E-state index contributed by atoms with van der Waals surface area (Å²) in [6, 6.07) is 5.36. The van der Waals surface area contributed by atoms with Crippen LogP contribution < -0.4 is 15.4 Å². The molecule has 0 bridgehead atoms. The summed E-state index contributed by atoms with van der Waals surface area (Å²) in [5.41, 5.74) is 0. The summed E-state index contributed by atoms with van der Waals surface area (Å²) in [5, 5.41) is 14.9. The Hall–Kier alpha value is -1.82. The topological polar surface area (TPSA) is 70.6 Å². The molecule has 0 aromatic heterocycles. The van der Waals surface area contributed by atoms with E-state index >= 15 is 0 Å². The molecule has 0 saturated heterocycles. The number of benzene rings is 1. The minimum atomic E-state index is -0.543. The third-order valence-corrected chi connectivity index (χ3v) is 2.94. The van der Waals surface area contributed by atoms with Gasteiger partial charge < -0.3 is 20.5 Å². The Morgan fingerprint density at radius 2 is 1.77 bits per heavy atom. The van der Waals surface area contributed by atoms with Gasteiger partial charge in [0.15, 0.2) is 0 Å². The van der Waals surface area contributed by atoms with E-state index in [9.17, 15) is 14.3 Å². The largest absolute Gasteiger partial charge is 0.489 e. The maximum Gasteiger partial charge on any atom is 0.315 e. The van der Waals surface area contributed by atoms with E-state index < -0.39 is 6.10 Å². The second-order valence-corrected chi connectivity index (χ2v) is 5.76. The summed E-state index contributed by atoms with van der Waals surface area (Å²) >= 11 is 0. The lowest BCUT2D eigenvalue weighted by atomic mass is 10.1. The Labute approximate surface area is 130 Å². The number of amides is 2. The molecule has 0 fully saturated rings. The molecule has 0 aliphatic carbocycles. The normalized spacial score (nSPS) is 13.5. The molecule has 124 valence electrons. The van der Waals surface area contributed by atoms with Crippen LogP contribution in [0.4, 0.5) is 9.18 Å². The SMILES string of the molecule is CC(C)CC(O)CNC(=O)NCC(C)Oc1ccc(F)cc1. The molecule has 22 heavy (non-hydrogen) atoms. The fourth-order valence-corrected chi connectivity index (χ4v) is 1.92. The van der Waals surface area contributed by atoms with E-state index in [0.29, 0.717) is 24.6 Å². The molecule has 1 aromatic carbocycles. The lowest BCUT2D eigenvalue weighted by molar-refractivity contribution is 0.146. The summed E-state index contributed by atoms with van der Waals surface area (Å²) in [4.78, 5) is 11.6. The van der Waals surface area contributed by atoms with Gasteiger partial charge in [0.05, 0.1) is 12.6 Å². The van der Waals surface area contributed by atoms with Crippen LogP contribution >= 0.6 is 0 Å². The van der Waals surface area contributed by atoms with Crippen LogP contribution in [0.5, 0.6) is 5.75 Å². The maximum absolute atomic E-state index is 12.8. The molecular weight excluding hydrogens is 287 g/mol. The van der Waals surface area contributed by atoms with Crippen LogP contribution in [0.25, 0.3) is 0 Å². The zero-order valence-electron chi connectivity index (χ0n) is 13.3. The summed E-state index contributed by atoms with van der Waals surface area (Å²) in [6.07, 6.45) is -0.153. The minimum Gasteiger partial charge on any atom is -0.489 e. The van der Waals surface area contributed by atoms with E-state index in [0.717, 1.165) is 0 Å². The van der Waals surface area contributed by atoms with Crippen LogP contribution in [0.3, 0.4) is 0 Å². The van der Waals surface area contributed by atoms with Gasteiger partial charge in [-0.2, -0.15) is 0 Å². The Morgan fingerprint density at radius 1 is 1.18 bits per heavy atom. The molecule has 1 aromatic rings. The van der Waals surface area contributed by atoms with Crippen molar-refractivity contribution < 1.29 is 19.0 Å². The van der Waals surface area contributed by atoms with Crippen molar-refractivity contribution in [1.29, 1.82) is 0 Å². The zero-order valence-corrected chi connectivity index (χ0v) is 13.3. The zero-order chi connectivity index (χ0) is 16.5. The molecule has 0 aliphatic rings. The van der Waals surface area contributed by atoms with Crippen LogP contribution in [-0.4, -0.2) is 36.4 Å². The van der Waals surface area contributed by atoms with E-state index in [1.54, 1.807) is 6.92 Å². The van der Waals surface area contributed by atoms with Crippen molar-refractivity contribution in [1.82, 2.24) is 10.6 Å². The molecule has 0 saturated carbocycles. The number of aliphatic hydroxyl groups is 1. The molecule has 5 nitrogen and oxygen atoms in total. The van der Waals surface area contributed by atoms with Crippen LogP contribution in [-0.2, 0) is 0 Å². The molecule has 1 rings (SSSR count). The van der Waals surface area contributed by atoms with Crippen molar-refractivity contribution in [3.8, 4) is 5.75 Å². The molecule has 3 N–H and O–H groups in total. The Bertz CT molecular complexity index is 451. The molecule has 0 heterocycles. The van der Waals surface area contributed by atoms with E-state index in [1.165, 1.54) is 24.3 Å². The smallest absolute Gasteiger partial charge is 0.315 e. The number of halogens is 1. The molecular formula is C16H25FN2O3. The molecule has 2 unspecified atom stereocenters. The predicted molar refractivity (Wildman–Crippen MR) is 83.4 cm³/mol. The van der Waals surface area contributed by atoms with Crippen molar-refractivity contribution in [3.05, 3.63) is 30.1 Å². The van der Waals surface area contributed by atoms with Gasteiger partial charge >= 0.3 is 6.03 Å². The number of carbonyl (C=O) groups excluding carboxylic acids is 1. The van der Waals surface area contributed by atoms with E-state index in [-0.39, 0.29) is 24.5 Å². The van der Waals surface area contributed by atoms with Gasteiger partial charge in [-0.15, -0.1) is 0 Å². The maximum atomic E-state index is 12.8. The second kappa shape index (κ2) is 9.25. The van der Waals surface area contributed by atoms with Crippen LogP contribution in [0.1, 0.15) is 27.2 Å². The van der Waals surface area contributed by atoms with Crippen molar-refractivity contribution in [2.45, 2.75) is 39.4 Å². The van der Waals surface area contributed by atoms with Crippen molar-refractivity contribution >= 4 is 6.03 Å². The standard InChI is InChI=1S/C16H25FN2O3/c1-11(2)8-14(20)10-19-16(21)18-9-12(3)22-15-6-4-13(17)5-7-15/h4-7,11-12,14,20H,8-10H2,1-3H3,(H2,18,19,21). The molecule has 0 radical (unpaired) electrons. The first-order valence-corrected chi connectivity index (χ1v) is 7.48. The summed E-state index contributed by atoms with van der Waals surface area (Å²) in [5.74, 6) is 0.602. The third-order valence-electron chi connectivity index (χ3n) is 2.94. The second-order valence-electron chi connectivity index (χ2n) is 5.76. The van der Waals surface area contributed by atoms with Gasteiger partial charge in [0.2, 0.25) is 0 Å². The number of aliphatic hydroxyl groups excluding tert-OH is 1. The molecule has 0 spiro atoms. The lowest BCUT2D eigenvalue weighted by Crippen LogP contribution is -2.43. The third kappa shape index (κ3) is 7.83. The van der Waals surface area contributed by atoms with Gasteiger partial charge in [-0.3, -0.25) is 0 Å². The molecule has 0 aliphatic heterocycles. The highest BCUT2D eigenvalue weighted by atomic mass is 19.1. The first-order valence-electron chi connectivity index (χ1n) is 7.48. The van der Waals surface area contributed by atoms with Crippen molar-refractivity contribution in [2.75, 3.05) is 13.1 Å². The minimum absolute atomic E-state index is 0.219. The average molecular weight is 312 g/mol. The van der Waals surface area contributed by atoms with E-state index in [4.69, 9.17) is 4.74 Å². The van der Waals surface area contributed by atoms with E-state index in [2.05, 4.69) is 10.6 Å². The number of ether oxygens (including phenoxy) is 1. The van der Waals surface area contributed by atoms with Gasteiger partial charge in [-0.25, -0.2) is 9.18 Å². The number of urea groups is 1. The summed E-state index contributed by atoms with van der Waals surface area (Å²) < 4.78 is 18.3. The fraction of sp³-hybridized carbons (Fsp3) is 0.562. The van der Waals surface area contributed by atoms with Crippen LogP contribution in [0.15, 0.2) is 24.3 Å². The predicted octanol–water partition coefficient (Wildman–Crippen LogP) is 2.30. The van der Waals surface area contributed by atoms with Gasteiger partial charge in [-0.05, 0) is 43.5 Å². The first-order chi connectivity index (χ1) is 10.4. The quantitative estimate of drug-likeness (QED) is 0.690. The fourth-order valence-electron chi connectivity index (χ4n) is 1.92. The van der Waals surface area contributed by atoms with Gasteiger partial charge in [-0.1, -0.05) is 13.8 Å². The Balaban J connectivity index is 2.21. The lowest BCUT2D eigenvalue weighted by Gasteiger charge is -2.17. The van der Waals surface area contributed by atoms with Gasteiger partial charge in [0.25, 0.3) is 0 Å². The first kappa shape index (κ1) is 18.2. The van der Waals surface area contributed by atoms with Crippen LogP contribution in [0.2, 0.25) is 0 Å². The van der Waals surface area contributed by atoms with Gasteiger partial charge in [0, 0.05) is 6.54 Å².